The van der Waals surface area contributed by atoms with Gasteiger partial charge in [0, 0.05) is 5.69 Å². The molecule has 1 amide bonds. The van der Waals surface area contributed by atoms with Gasteiger partial charge >= 0.3 is 5.97 Å². The highest BCUT2D eigenvalue weighted by Crippen LogP contribution is 2.21. The van der Waals surface area contributed by atoms with Crippen LogP contribution in [0.15, 0.2) is 42.5 Å². The van der Waals surface area contributed by atoms with Crippen molar-refractivity contribution in [2.75, 3.05) is 11.1 Å². The van der Waals surface area contributed by atoms with Gasteiger partial charge in [-0.2, -0.15) is 0 Å². The lowest BCUT2D eigenvalue weighted by Gasteiger charge is -2.15. The number of anilines is 2. The normalized spacial score (nSPS) is 11.6. The van der Waals surface area contributed by atoms with Crippen LogP contribution in [-0.4, -0.2) is 18.0 Å². The van der Waals surface area contributed by atoms with Crippen LogP contribution in [0.3, 0.4) is 0 Å². The lowest BCUT2D eigenvalue weighted by atomic mass is 10.1. The molecule has 0 saturated heterocycles. The molecule has 0 saturated carbocycles. The van der Waals surface area contributed by atoms with Crippen molar-refractivity contribution in [1.82, 2.24) is 0 Å². The first-order valence-electron chi connectivity index (χ1n) is 7.01. The minimum absolute atomic E-state index is 0.238. The summed E-state index contributed by atoms with van der Waals surface area (Å²) in [6, 6.07) is 11.9. The lowest BCUT2D eigenvalue weighted by Crippen LogP contribution is -2.30. The van der Waals surface area contributed by atoms with Crippen molar-refractivity contribution in [3.05, 3.63) is 58.6 Å². The SMILES string of the molecule is Cc1cccc(C(=O)O[C@H](C)C(=O)Nc2ccccc2Cl)c1N. The summed E-state index contributed by atoms with van der Waals surface area (Å²) in [7, 11) is 0. The predicted octanol–water partition coefficient (Wildman–Crippen LogP) is 3.41. The maximum Gasteiger partial charge on any atom is 0.341 e. The number of nitrogen functional groups attached to an aromatic ring is 1. The van der Waals surface area contributed by atoms with Crippen molar-refractivity contribution in [3.8, 4) is 0 Å². The fraction of sp³-hybridized carbons (Fsp3) is 0.176. The number of benzene rings is 2. The lowest BCUT2D eigenvalue weighted by molar-refractivity contribution is -0.123. The number of ether oxygens (including phenoxy) is 1. The Morgan fingerprint density at radius 3 is 2.57 bits per heavy atom. The van der Waals surface area contributed by atoms with Gasteiger partial charge in [-0.25, -0.2) is 4.79 Å². The van der Waals surface area contributed by atoms with Crippen LogP contribution in [0.2, 0.25) is 5.02 Å². The number of hydrogen-bond acceptors (Lipinski definition) is 4. The number of halogens is 1. The maximum absolute atomic E-state index is 12.1. The van der Waals surface area contributed by atoms with Crippen molar-refractivity contribution in [2.45, 2.75) is 20.0 Å². The molecule has 6 heteroatoms. The molecule has 0 heterocycles. The molecule has 0 fully saturated rings. The topological polar surface area (TPSA) is 81.4 Å². The van der Waals surface area contributed by atoms with Gasteiger partial charge < -0.3 is 15.8 Å². The van der Waals surface area contributed by atoms with Gasteiger partial charge in [-0.15, -0.1) is 0 Å². The van der Waals surface area contributed by atoms with E-state index < -0.39 is 18.0 Å². The number of nitrogens with two attached hydrogens (primary N) is 1. The Balaban J connectivity index is 2.05. The summed E-state index contributed by atoms with van der Waals surface area (Å²) >= 11 is 5.97. The van der Waals surface area contributed by atoms with Crippen molar-refractivity contribution in [3.63, 3.8) is 0 Å². The second-order valence-corrected chi connectivity index (χ2v) is 5.46. The summed E-state index contributed by atoms with van der Waals surface area (Å²) in [5, 5.41) is 3.02. The molecule has 0 aliphatic heterocycles. The summed E-state index contributed by atoms with van der Waals surface area (Å²) in [6.45, 7) is 3.27. The van der Waals surface area contributed by atoms with Crippen LogP contribution in [0, 0.1) is 6.92 Å². The van der Waals surface area contributed by atoms with Gasteiger partial charge in [-0.05, 0) is 37.6 Å². The summed E-state index contributed by atoms with van der Waals surface area (Å²) in [6.07, 6.45) is -0.987. The van der Waals surface area contributed by atoms with Crippen LogP contribution in [0.1, 0.15) is 22.8 Å². The smallest absolute Gasteiger partial charge is 0.341 e. The zero-order valence-electron chi connectivity index (χ0n) is 12.8. The number of nitrogens with one attached hydrogen (secondary N) is 1. The number of amides is 1. The van der Waals surface area contributed by atoms with E-state index in [1.54, 1.807) is 49.4 Å². The van der Waals surface area contributed by atoms with Crippen molar-refractivity contribution in [1.29, 1.82) is 0 Å². The number of aryl methyl sites for hydroxylation is 1. The van der Waals surface area contributed by atoms with Gasteiger partial charge in [0.25, 0.3) is 5.91 Å². The fourth-order valence-electron chi connectivity index (χ4n) is 1.93. The number of hydrogen-bond donors (Lipinski definition) is 2. The standard InChI is InChI=1S/C17H17ClN2O3/c1-10-6-5-7-12(15(10)19)17(22)23-11(2)16(21)20-14-9-4-3-8-13(14)18/h3-9,11H,19H2,1-2H3,(H,20,21)/t11-/m1/s1. The molecule has 5 nitrogen and oxygen atoms in total. The Kier molecular flexibility index (Phi) is 5.24. The second-order valence-electron chi connectivity index (χ2n) is 5.05. The molecule has 2 rings (SSSR count). The molecule has 0 radical (unpaired) electrons. The zero-order valence-corrected chi connectivity index (χ0v) is 13.6. The summed E-state index contributed by atoms with van der Waals surface area (Å²) in [5.74, 6) is -1.12. The van der Waals surface area contributed by atoms with E-state index >= 15 is 0 Å². The van der Waals surface area contributed by atoms with Gasteiger partial charge in [-0.3, -0.25) is 4.79 Å². The van der Waals surface area contributed by atoms with Crippen LogP contribution < -0.4 is 11.1 Å². The quantitative estimate of drug-likeness (QED) is 0.664. The minimum atomic E-state index is -0.987. The number of rotatable bonds is 4. The molecular formula is C17H17ClN2O3. The highest BCUT2D eigenvalue weighted by Gasteiger charge is 2.21. The van der Waals surface area contributed by atoms with E-state index in [1.165, 1.54) is 6.92 Å². The largest absolute Gasteiger partial charge is 0.449 e. The number of esters is 1. The fourth-order valence-corrected chi connectivity index (χ4v) is 2.12. The van der Waals surface area contributed by atoms with Gasteiger partial charge in [0.05, 0.1) is 16.3 Å². The van der Waals surface area contributed by atoms with Crippen LogP contribution in [0.4, 0.5) is 11.4 Å². The van der Waals surface area contributed by atoms with Crippen molar-refractivity contribution >= 4 is 34.9 Å². The molecule has 23 heavy (non-hydrogen) atoms. The molecule has 3 N–H and O–H groups in total. The molecule has 0 aliphatic rings. The first-order chi connectivity index (χ1) is 10.9. The van der Waals surface area contributed by atoms with Gasteiger partial charge in [0.1, 0.15) is 0 Å². The zero-order chi connectivity index (χ0) is 17.0. The predicted molar refractivity (Wildman–Crippen MR) is 90.6 cm³/mol. The molecule has 0 aromatic heterocycles. The summed E-state index contributed by atoms with van der Waals surface area (Å²) in [4.78, 5) is 24.2. The first kappa shape index (κ1) is 16.8. The Hall–Kier alpha value is -2.53. The third-order valence-electron chi connectivity index (χ3n) is 3.33. The van der Waals surface area contributed by atoms with Crippen molar-refractivity contribution in [2.24, 2.45) is 0 Å². The maximum atomic E-state index is 12.1. The highest BCUT2D eigenvalue weighted by molar-refractivity contribution is 6.33. The van der Waals surface area contributed by atoms with E-state index in [2.05, 4.69) is 5.32 Å². The van der Waals surface area contributed by atoms with Crippen molar-refractivity contribution < 1.29 is 14.3 Å². The molecule has 0 bridgehead atoms. The van der Waals surface area contributed by atoms with E-state index in [-0.39, 0.29) is 5.56 Å². The molecule has 120 valence electrons. The molecule has 2 aromatic rings. The van der Waals surface area contributed by atoms with Crippen LogP contribution in [0.25, 0.3) is 0 Å². The number of carbonyl (C=O) groups is 2. The average Bonchev–Trinajstić information content (AvgIpc) is 2.52. The molecule has 0 spiro atoms. The van der Waals surface area contributed by atoms with Crippen LogP contribution >= 0.6 is 11.6 Å². The van der Waals surface area contributed by atoms with Gasteiger partial charge in [-0.1, -0.05) is 35.9 Å². The van der Waals surface area contributed by atoms with Gasteiger partial charge in [0.2, 0.25) is 0 Å². The molecule has 1 atom stereocenters. The highest BCUT2D eigenvalue weighted by atomic mass is 35.5. The third kappa shape index (κ3) is 4.02. The molecular weight excluding hydrogens is 316 g/mol. The van der Waals surface area contributed by atoms with E-state index in [4.69, 9.17) is 22.1 Å². The van der Waals surface area contributed by atoms with E-state index in [0.29, 0.717) is 16.4 Å². The Morgan fingerprint density at radius 2 is 1.87 bits per heavy atom. The average molecular weight is 333 g/mol. The van der Waals surface area contributed by atoms with E-state index in [9.17, 15) is 9.59 Å². The monoisotopic (exact) mass is 332 g/mol. The second kappa shape index (κ2) is 7.15. The molecule has 2 aromatic carbocycles. The van der Waals surface area contributed by atoms with Crippen LogP contribution in [0.5, 0.6) is 0 Å². The third-order valence-corrected chi connectivity index (χ3v) is 3.66. The summed E-state index contributed by atoms with van der Waals surface area (Å²) in [5.41, 5.74) is 7.67. The minimum Gasteiger partial charge on any atom is -0.449 e. The van der Waals surface area contributed by atoms with E-state index in [1.807, 2.05) is 0 Å². The first-order valence-corrected chi connectivity index (χ1v) is 7.39. The molecule has 0 aliphatic carbocycles. The van der Waals surface area contributed by atoms with Gasteiger partial charge in [0.15, 0.2) is 6.10 Å². The number of para-hydroxylation sites is 2. The van der Waals surface area contributed by atoms with E-state index in [0.717, 1.165) is 5.56 Å². The Labute approximate surface area is 139 Å². The molecule has 0 unspecified atom stereocenters. The number of carbonyl (C=O) groups excluding carboxylic acids is 2. The summed E-state index contributed by atoms with van der Waals surface area (Å²) < 4.78 is 5.17. The Bertz CT molecular complexity index is 746. The van der Waals surface area contributed by atoms with Crippen LogP contribution in [-0.2, 0) is 9.53 Å². The Morgan fingerprint density at radius 1 is 1.17 bits per heavy atom.